The van der Waals surface area contributed by atoms with Gasteiger partial charge in [0.15, 0.2) is 5.78 Å². The van der Waals surface area contributed by atoms with Crippen molar-refractivity contribution in [3.05, 3.63) is 82.3 Å². The van der Waals surface area contributed by atoms with Crippen LogP contribution in [0.2, 0.25) is 0 Å². The van der Waals surface area contributed by atoms with Crippen LogP contribution in [0.1, 0.15) is 32.3 Å². The molecule has 0 aromatic heterocycles. The number of halogens is 2. The first-order chi connectivity index (χ1) is 15.6. The molecule has 1 spiro atoms. The molecule has 8 heteroatoms. The monoisotopic (exact) mass is 446 g/mol. The summed E-state index contributed by atoms with van der Waals surface area (Å²) < 4.78 is 28.6. The number of benzene rings is 2. The number of carbonyl (C=O) groups excluding carboxylic acids is 2. The molecule has 0 bridgehead atoms. The number of nitriles is 1. The van der Waals surface area contributed by atoms with Gasteiger partial charge < -0.3 is 11.1 Å². The Bertz CT molecular complexity index is 1370. The van der Waals surface area contributed by atoms with Crippen LogP contribution in [0.15, 0.2) is 65.1 Å². The molecule has 0 saturated carbocycles. The average Bonchev–Trinajstić information content (AvgIpc) is 3.01. The number of nitrogens with one attached hydrogen (secondary N) is 1. The van der Waals surface area contributed by atoms with Gasteiger partial charge in [0.25, 0.3) is 0 Å². The van der Waals surface area contributed by atoms with E-state index < -0.39 is 28.4 Å². The topological polar surface area (TPSA) is 99.2 Å². The largest absolute Gasteiger partial charge is 0.384 e. The van der Waals surface area contributed by atoms with Crippen molar-refractivity contribution < 1.29 is 18.4 Å². The highest BCUT2D eigenvalue weighted by molar-refractivity contribution is 6.20. The maximum Gasteiger partial charge on any atom is 0.245 e. The van der Waals surface area contributed by atoms with E-state index in [0.29, 0.717) is 29.4 Å². The SMILES string of the molecule is CC1(C)CC(=O)C2=C(C1)N(c1ccc(F)cc1F)C(N)=C(C#N)[C@]21C(=O)Nc2ccccc21. The maximum atomic E-state index is 14.9. The minimum atomic E-state index is -1.73. The lowest BCUT2D eigenvalue weighted by Crippen LogP contribution is -2.52. The third kappa shape index (κ3) is 2.68. The first-order valence-electron chi connectivity index (χ1n) is 10.4. The van der Waals surface area contributed by atoms with Crippen LogP contribution >= 0.6 is 0 Å². The number of nitrogens with zero attached hydrogens (tertiary/aromatic N) is 2. The van der Waals surface area contributed by atoms with Gasteiger partial charge in [-0.1, -0.05) is 32.0 Å². The average molecular weight is 446 g/mol. The van der Waals surface area contributed by atoms with Gasteiger partial charge in [-0.2, -0.15) is 5.26 Å². The van der Waals surface area contributed by atoms with Crippen LogP contribution in [0, 0.1) is 28.4 Å². The van der Waals surface area contributed by atoms with Crippen molar-refractivity contribution in [2.75, 3.05) is 10.2 Å². The van der Waals surface area contributed by atoms with Crippen molar-refractivity contribution in [3.8, 4) is 6.07 Å². The molecule has 0 saturated heterocycles. The van der Waals surface area contributed by atoms with E-state index in [4.69, 9.17) is 5.73 Å². The second-order valence-electron chi connectivity index (χ2n) is 9.32. The van der Waals surface area contributed by atoms with Crippen molar-refractivity contribution in [2.24, 2.45) is 11.1 Å². The molecule has 5 rings (SSSR count). The van der Waals surface area contributed by atoms with Crippen LogP contribution in [0.3, 0.4) is 0 Å². The molecular formula is C25H20F2N4O2. The number of ketones is 1. The van der Waals surface area contributed by atoms with Crippen molar-refractivity contribution >= 4 is 23.1 Å². The van der Waals surface area contributed by atoms with Gasteiger partial charge in [-0.05, 0) is 30.0 Å². The van der Waals surface area contributed by atoms with Gasteiger partial charge in [0.05, 0.1) is 11.3 Å². The zero-order valence-corrected chi connectivity index (χ0v) is 18.0. The van der Waals surface area contributed by atoms with Crippen LogP contribution in [0.4, 0.5) is 20.2 Å². The smallest absolute Gasteiger partial charge is 0.245 e. The van der Waals surface area contributed by atoms with Crippen LogP contribution in [-0.4, -0.2) is 11.7 Å². The number of allylic oxidation sites excluding steroid dienone is 1. The number of hydrogen-bond acceptors (Lipinski definition) is 5. The Hall–Kier alpha value is -3.99. The van der Waals surface area contributed by atoms with E-state index in [-0.39, 0.29) is 34.9 Å². The summed E-state index contributed by atoms with van der Waals surface area (Å²) in [4.78, 5) is 28.5. The molecule has 0 radical (unpaired) electrons. The second-order valence-corrected chi connectivity index (χ2v) is 9.32. The fourth-order valence-corrected chi connectivity index (χ4v) is 5.31. The summed E-state index contributed by atoms with van der Waals surface area (Å²) >= 11 is 0. The first-order valence-corrected chi connectivity index (χ1v) is 10.4. The number of amides is 1. The molecule has 0 fully saturated rings. The number of nitrogens with two attached hydrogens (primary N) is 1. The van der Waals surface area contributed by atoms with E-state index in [1.54, 1.807) is 24.3 Å². The fourth-order valence-electron chi connectivity index (χ4n) is 5.31. The Morgan fingerprint density at radius 2 is 1.85 bits per heavy atom. The summed E-state index contributed by atoms with van der Waals surface area (Å²) in [6.07, 6.45) is 0.433. The van der Waals surface area contributed by atoms with E-state index >= 15 is 0 Å². The minimum absolute atomic E-state index is 0.0961. The zero-order valence-electron chi connectivity index (χ0n) is 18.0. The van der Waals surface area contributed by atoms with Gasteiger partial charge in [-0.3, -0.25) is 14.5 Å². The van der Waals surface area contributed by atoms with E-state index in [2.05, 4.69) is 5.32 Å². The van der Waals surface area contributed by atoms with Crippen LogP contribution in [0.5, 0.6) is 0 Å². The highest BCUT2D eigenvalue weighted by atomic mass is 19.1. The van der Waals surface area contributed by atoms with E-state index in [1.165, 1.54) is 11.0 Å². The number of Topliss-reactive ketones (excluding diaryl/α,β-unsaturated/α-hetero) is 1. The van der Waals surface area contributed by atoms with Crippen molar-refractivity contribution in [1.82, 2.24) is 0 Å². The summed E-state index contributed by atoms with van der Waals surface area (Å²) in [5, 5.41) is 13.0. The van der Waals surface area contributed by atoms with Crippen LogP contribution < -0.4 is 16.0 Å². The van der Waals surface area contributed by atoms with Gasteiger partial charge in [-0.25, -0.2) is 8.78 Å². The summed E-state index contributed by atoms with van der Waals surface area (Å²) in [6.45, 7) is 3.78. The highest BCUT2D eigenvalue weighted by Gasteiger charge is 2.61. The molecule has 0 unspecified atom stereocenters. The number of rotatable bonds is 1. The van der Waals surface area contributed by atoms with E-state index in [1.807, 2.05) is 19.9 Å². The van der Waals surface area contributed by atoms with E-state index in [0.717, 1.165) is 6.07 Å². The molecule has 1 amide bonds. The predicted octanol–water partition coefficient (Wildman–Crippen LogP) is 4.01. The quantitative estimate of drug-likeness (QED) is 0.690. The lowest BCUT2D eigenvalue weighted by atomic mass is 9.61. The summed E-state index contributed by atoms with van der Waals surface area (Å²) in [5.74, 6) is -2.71. The van der Waals surface area contributed by atoms with Gasteiger partial charge in [0.2, 0.25) is 5.91 Å². The Kier molecular flexibility index (Phi) is 4.27. The summed E-state index contributed by atoms with van der Waals surface area (Å²) in [6, 6.07) is 11.9. The number of carbonyl (C=O) groups is 2. The van der Waals surface area contributed by atoms with E-state index in [9.17, 15) is 23.6 Å². The molecule has 2 aromatic rings. The number of fused-ring (bicyclic) bond motifs is 3. The highest BCUT2D eigenvalue weighted by Crippen LogP contribution is 2.57. The number of hydrogen-bond donors (Lipinski definition) is 2. The first kappa shape index (κ1) is 20.9. The van der Waals surface area contributed by atoms with Crippen LogP contribution in [-0.2, 0) is 15.0 Å². The third-order valence-corrected chi connectivity index (χ3v) is 6.55. The van der Waals surface area contributed by atoms with Crippen molar-refractivity contribution in [2.45, 2.75) is 32.1 Å². The van der Waals surface area contributed by atoms with Gasteiger partial charge >= 0.3 is 0 Å². The molecule has 3 aliphatic rings. The van der Waals surface area contributed by atoms with Gasteiger partial charge in [0, 0.05) is 35.0 Å². The Morgan fingerprint density at radius 3 is 2.55 bits per heavy atom. The number of para-hydroxylation sites is 1. The zero-order chi connectivity index (χ0) is 23.7. The Morgan fingerprint density at radius 1 is 1.12 bits per heavy atom. The molecule has 2 aromatic carbocycles. The molecule has 1 atom stereocenters. The molecular weight excluding hydrogens is 426 g/mol. The summed E-state index contributed by atoms with van der Waals surface area (Å²) in [7, 11) is 0. The Balaban J connectivity index is 1.91. The standard InChI is InChI=1S/C25H20F2N4O2/c1-24(2)10-19-21(20(32)11-24)25(14-5-3-4-6-17(14)30-23(25)33)15(12-28)22(29)31(19)18-8-7-13(26)9-16(18)27/h3-9H,10-11,29H2,1-2H3,(H,30,33)/t25-/m0/s1. The van der Waals surface area contributed by atoms with Crippen molar-refractivity contribution in [3.63, 3.8) is 0 Å². The molecule has 1 aliphatic carbocycles. The van der Waals surface area contributed by atoms with Crippen LogP contribution in [0.25, 0.3) is 0 Å². The van der Waals surface area contributed by atoms with Gasteiger partial charge in [-0.15, -0.1) is 0 Å². The van der Waals surface area contributed by atoms with Gasteiger partial charge in [0.1, 0.15) is 28.9 Å². The molecule has 2 heterocycles. The molecule has 2 aliphatic heterocycles. The fraction of sp³-hybridized carbons (Fsp3) is 0.240. The third-order valence-electron chi connectivity index (χ3n) is 6.55. The molecule has 166 valence electrons. The number of anilines is 2. The molecule has 33 heavy (non-hydrogen) atoms. The maximum absolute atomic E-state index is 14.9. The lowest BCUT2D eigenvalue weighted by Gasteiger charge is -2.46. The minimum Gasteiger partial charge on any atom is -0.384 e. The predicted molar refractivity (Wildman–Crippen MR) is 117 cm³/mol. The second kappa shape index (κ2) is 6.75. The van der Waals surface area contributed by atoms with Crippen molar-refractivity contribution in [1.29, 1.82) is 5.26 Å². The Labute approximate surface area is 189 Å². The summed E-state index contributed by atoms with van der Waals surface area (Å²) in [5.41, 5.74) is 5.36. The molecule has 3 N–H and O–H groups in total. The molecule has 6 nitrogen and oxygen atoms in total. The lowest BCUT2D eigenvalue weighted by molar-refractivity contribution is -0.123. The normalized spacial score (nSPS) is 23.4.